The minimum absolute atomic E-state index is 0.842. The van der Waals surface area contributed by atoms with E-state index in [4.69, 9.17) is 4.74 Å². The van der Waals surface area contributed by atoms with Gasteiger partial charge in [0.05, 0.1) is 6.61 Å². The van der Waals surface area contributed by atoms with Crippen LogP contribution in [-0.4, -0.2) is 6.61 Å². The van der Waals surface area contributed by atoms with E-state index in [0.717, 1.165) is 18.8 Å². The molecule has 0 aromatic heterocycles. The summed E-state index contributed by atoms with van der Waals surface area (Å²) in [5.74, 6) is 1.01. The van der Waals surface area contributed by atoms with Gasteiger partial charge >= 0.3 is 0 Å². The van der Waals surface area contributed by atoms with Crippen LogP contribution in [0.1, 0.15) is 48.0 Å². The zero-order valence-electron chi connectivity index (χ0n) is 11.1. The van der Waals surface area contributed by atoms with E-state index in [0.29, 0.717) is 0 Å². The topological polar surface area (TPSA) is 9.23 Å². The summed E-state index contributed by atoms with van der Waals surface area (Å²) in [5.41, 5.74) is 1.27. The fourth-order valence-corrected chi connectivity index (χ4v) is 0.863. The molecular weight excluding hydrogens is 184 g/mol. The minimum Gasteiger partial charge on any atom is -0.494 e. The summed E-state index contributed by atoms with van der Waals surface area (Å²) in [4.78, 5) is 0. The average molecular weight is 210 g/mol. The molecule has 0 N–H and O–H groups in total. The van der Waals surface area contributed by atoms with Crippen LogP contribution in [0.5, 0.6) is 0 Å². The quantitative estimate of drug-likeness (QED) is 0.591. The molecule has 0 bridgehead atoms. The second kappa shape index (κ2) is 13.0. The number of allylic oxidation sites excluding steroid dienone is 4. The SMILES string of the molecule is C/C=C(C)\C=C/C1=CCCO1.CC.CC. The summed E-state index contributed by atoms with van der Waals surface area (Å²) in [6, 6.07) is 0. The van der Waals surface area contributed by atoms with Gasteiger partial charge in [-0.15, -0.1) is 0 Å². The summed E-state index contributed by atoms with van der Waals surface area (Å²) < 4.78 is 5.29. The van der Waals surface area contributed by atoms with Gasteiger partial charge in [0, 0.05) is 6.42 Å². The number of rotatable bonds is 2. The van der Waals surface area contributed by atoms with Crippen LogP contribution in [0.3, 0.4) is 0 Å². The van der Waals surface area contributed by atoms with Crippen LogP contribution in [0, 0.1) is 0 Å². The van der Waals surface area contributed by atoms with Crippen LogP contribution in [0.25, 0.3) is 0 Å². The molecule has 1 heteroatoms. The van der Waals surface area contributed by atoms with Gasteiger partial charge in [-0.2, -0.15) is 0 Å². The Bertz CT molecular complexity index is 209. The highest BCUT2D eigenvalue weighted by atomic mass is 16.5. The first-order valence-electron chi connectivity index (χ1n) is 5.97. The lowest BCUT2D eigenvalue weighted by Crippen LogP contribution is -1.79. The predicted molar refractivity (Wildman–Crippen MR) is 69.9 cm³/mol. The van der Waals surface area contributed by atoms with E-state index in [2.05, 4.69) is 25.2 Å². The Labute approximate surface area is 95.5 Å². The highest BCUT2D eigenvalue weighted by Crippen LogP contribution is 2.10. The second-order valence-electron chi connectivity index (χ2n) is 2.61. The van der Waals surface area contributed by atoms with Gasteiger partial charge in [-0.3, -0.25) is 0 Å². The molecule has 0 atom stereocenters. The molecule has 0 amide bonds. The van der Waals surface area contributed by atoms with Crippen molar-refractivity contribution in [3.05, 3.63) is 35.6 Å². The molecule has 1 aliphatic rings. The molecule has 1 aliphatic heterocycles. The fourth-order valence-electron chi connectivity index (χ4n) is 0.863. The van der Waals surface area contributed by atoms with Gasteiger partial charge in [0.1, 0.15) is 5.76 Å². The van der Waals surface area contributed by atoms with E-state index >= 15 is 0 Å². The van der Waals surface area contributed by atoms with Crippen LogP contribution in [-0.2, 0) is 4.74 Å². The summed E-state index contributed by atoms with van der Waals surface area (Å²) in [5, 5.41) is 0. The molecule has 0 aromatic rings. The molecule has 0 saturated carbocycles. The Morgan fingerprint density at radius 1 is 1.27 bits per heavy atom. The molecule has 0 radical (unpaired) electrons. The maximum Gasteiger partial charge on any atom is 0.115 e. The third kappa shape index (κ3) is 9.33. The van der Waals surface area contributed by atoms with E-state index in [9.17, 15) is 0 Å². The third-order valence-electron chi connectivity index (χ3n) is 1.70. The van der Waals surface area contributed by atoms with Crippen molar-refractivity contribution in [3.8, 4) is 0 Å². The van der Waals surface area contributed by atoms with Crippen LogP contribution in [0.15, 0.2) is 35.6 Å². The van der Waals surface area contributed by atoms with E-state index < -0.39 is 0 Å². The number of ether oxygens (including phenoxy) is 1. The number of hydrogen-bond donors (Lipinski definition) is 0. The highest BCUT2D eigenvalue weighted by Gasteiger charge is 1.99. The Hall–Kier alpha value is -0.980. The van der Waals surface area contributed by atoms with Crippen LogP contribution in [0.4, 0.5) is 0 Å². The summed E-state index contributed by atoms with van der Waals surface area (Å²) in [6.07, 6.45) is 9.32. The van der Waals surface area contributed by atoms with Crippen molar-refractivity contribution in [2.45, 2.75) is 48.0 Å². The van der Waals surface area contributed by atoms with Gasteiger partial charge < -0.3 is 4.74 Å². The smallest absolute Gasteiger partial charge is 0.115 e. The van der Waals surface area contributed by atoms with Crippen LogP contribution in [0.2, 0.25) is 0 Å². The molecule has 0 saturated heterocycles. The second-order valence-corrected chi connectivity index (χ2v) is 2.61. The van der Waals surface area contributed by atoms with Gasteiger partial charge in [0.15, 0.2) is 0 Å². The minimum atomic E-state index is 0.842. The molecule has 1 heterocycles. The Balaban J connectivity index is 0. The lowest BCUT2D eigenvalue weighted by atomic mass is 10.2. The zero-order chi connectivity index (χ0) is 12.1. The first kappa shape index (κ1) is 16.4. The summed E-state index contributed by atoms with van der Waals surface area (Å²) in [6.45, 7) is 12.9. The lowest BCUT2D eigenvalue weighted by Gasteiger charge is -1.95. The van der Waals surface area contributed by atoms with Crippen molar-refractivity contribution in [1.29, 1.82) is 0 Å². The van der Waals surface area contributed by atoms with Crippen molar-refractivity contribution >= 4 is 0 Å². The fraction of sp³-hybridized carbons (Fsp3) is 0.571. The highest BCUT2D eigenvalue weighted by molar-refractivity contribution is 5.24. The Morgan fingerprint density at radius 2 is 1.87 bits per heavy atom. The Morgan fingerprint density at radius 3 is 2.27 bits per heavy atom. The molecule has 1 rings (SSSR count). The molecular formula is C14H26O. The van der Waals surface area contributed by atoms with Gasteiger partial charge in [0.2, 0.25) is 0 Å². The average Bonchev–Trinajstić information content (AvgIpc) is 2.84. The monoisotopic (exact) mass is 210 g/mol. The van der Waals surface area contributed by atoms with Gasteiger partial charge in [-0.05, 0) is 26.0 Å². The van der Waals surface area contributed by atoms with Crippen LogP contribution >= 0.6 is 0 Å². The molecule has 0 aliphatic carbocycles. The normalized spacial score (nSPS) is 14.5. The third-order valence-corrected chi connectivity index (χ3v) is 1.70. The van der Waals surface area contributed by atoms with Crippen molar-refractivity contribution in [1.82, 2.24) is 0 Å². The predicted octanol–water partition coefficient (Wildman–Crippen LogP) is 4.87. The van der Waals surface area contributed by atoms with Crippen LogP contribution < -0.4 is 0 Å². The molecule has 0 spiro atoms. The van der Waals surface area contributed by atoms with Gasteiger partial charge in [-0.1, -0.05) is 45.4 Å². The van der Waals surface area contributed by atoms with E-state index in [-0.39, 0.29) is 0 Å². The largest absolute Gasteiger partial charge is 0.494 e. The standard InChI is InChI=1S/C10H14O.2C2H6/c1-3-9(2)6-7-10-5-4-8-11-10;2*1-2/h3,5-7H,4,8H2,1-2H3;2*1-2H3/b7-6-,9-3-;;. The Kier molecular flexibility index (Phi) is 14.3. The maximum atomic E-state index is 5.29. The van der Waals surface area contributed by atoms with Gasteiger partial charge in [-0.25, -0.2) is 0 Å². The molecule has 0 unspecified atom stereocenters. The van der Waals surface area contributed by atoms with Crippen molar-refractivity contribution < 1.29 is 4.74 Å². The molecule has 15 heavy (non-hydrogen) atoms. The first-order chi connectivity index (χ1) is 7.33. The molecule has 1 nitrogen and oxygen atoms in total. The van der Waals surface area contributed by atoms with E-state index in [1.165, 1.54) is 5.57 Å². The molecule has 0 aromatic carbocycles. The van der Waals surface area contributed by atoms with E-state index in [1.807, 2.05) is 40.7 Å². The van der Waals surface area contributed by atoms with Crippen molar-refractivity contribution in [2.75, 3.05) is 6.61 Å². The van der Waals surface area contributed by atoms with Gasteiger partial charge in [0.25, 0.3) is 0 Å². The summed E-state index contributed by atoms with van der Waals surface area (Å²) >= 11 is 0. The van der Waals surface area contributed by atoms with E-state index in [1.54, 1.807) is 0 Å². The first-order valence-corrected chi connectivity index (χ1v) is 5.97. The maximum absolute atomic E-state index is 5.29. The zero-order valence-corrected chi connectivity index (χ0v) is 11.1. The number of hydrogen-bond acceptors (Lipinski definition) is 1. The molecule has 0 fully saturated rings. The summed E-state index contributed by atoms with van der Waals surface area (Å²) in [7, 11) is 0. The van der Waals surface area contributed by atoms with Crippen molar-refractivity contribution in [3.63, 3.8) is 0 Å². The lowest BCUT2D eigenvalue weighted by molar-refractivity contribution is 0.257. The molecule has 88 valence electrons. The van der Waals surface area contributed by atoms with Crippen molar-refractivity contribution in [2.24, 2.45) is 0 Å².